The largest absolute Gasteiger partial charge is 0.475 e. The van der Waals surface area contributed by atoms with E-state index in [2.05, 4.69) is 15.2 Å². The second-order valence-electron chi connectivity index (χ2n) is 4.17. The third kappa shape index (κ3) is 2.83. The van der Waals surface area contributed by atoms with Gasteiger partial charge < -0.3 is 15.0 Å². The van der Waals surface area contributed by atoms with E-state index in [0.717, 1.165) is 38.4 Å². The lowest BCUT2D eigenvalue weighted by Crippen LogP contribution is -2.42. The van der Waals surface area contributed by atoms with E-state index >= 15 is 0 Å². The van der Waals surface area contributed by atoms with Crippen molar-refractivity contribution < 1.29 is 9.90 Å². The van der Waals surface area contributed by atoms with Gasteiger partial charge in [0.2, 0.25) is 5.82 Å². The summed E-state index contributed by atoms with van der Waals surface area (Å²) < 4.78 is 1.68. The molecule has 1 aliphatic rings. The number of carbonyl (C=O) groups is 1. The first-order chi connectivity index (χ1) is 8.20. The fourth-order valence-electron chi connectivity index (χ4n) is 2.06. The number of nitrogens with zero attached hydrogens (tertiary/aromatic N) is 3. The van der Waals surface area contributed by atoms with Crippen LogP contribution in [-0.2, 0) is 13.1 Å². The summed E-state index contributed by atoms with van der Waals surface area (Å²) in [5, 5.41) is 12.3. The third-order valence-electron chi connectivity index (χ3n) is 2.95. The molecule has 94 valence electrons. The molecular weight excluding hydrogens is 220 g/mol. The highest BCUT2D eigenvalue weighted by Gasteiger charge is 2.16. The fraction of sp³-hybridized carbons (Fsp3) is 0.636. The average Bonchev–Trinajstić information content (AvgIpc) is 2.73. The molecule has 1 aromatic rings. The van der Waals surface area contributed by atoms with E-state index in [4.69, 9.17) is 5.11 Å². The first kappa shape index (κ1) is 12.1. The van der Waals surface area contributed by atoms with Gasteiger partial charge in [0, 0.05) is 45.5 Å². The zero-order valence-electron chi connectivity index (χ0n) is 10.0. The van der Waals surface area contributed by atoms with Gasteiger partial charge in [0.05, 0.1) is 5.69 Å². The summed E-state index contributed by atoms with van der Waals surface area (Å²) in [7, 11) is 0. The van der Waals surface area contributed by atoms with Crippen LogP contribution in [0.5, 0.6) is 0 Å². The Kier molecular flexibility index (Phi) is 3.75. The van der Waals surface area contributed by atoms with Crippen molar-refractivity contribution in [1.29, 1.82) is 0 Å². The van der Waals surface area contributed by atoms with Gasteiger partial charge in [-0.05, 0) is 6.92 Å². The first-order valence-electron chi connectivity index (χ1n) is 5.93. The minimum Gasteiger partial charge on any atom is -0.475 e. The van der Waals surface area contributed by atoms with Gasteiger partial charge in [0.15, 0.2) is 0 Å². The molecule has 1 fully saturated rings. The first-order valence-corrected chi connectivity index (χ1v) is 5.93. The number of carboxylic acid groups (broad SMARTS) is 1. The highest BCUT2D eigenvalue weighted by Crippen LogP contribution is 2.07. The van der Waals surface area contributed by atoms with Crippen LogP contribution < -0.4 is 5.32 Å². The number of hydrogen-bond acceptors (Lipinski definition) is 4. The van der Waals surface area contributed by atoms with Gasteiger partial charge in [-0.25, -0.2) is 9.78 Å². The van der Waals surface area contributed by atoms with Gasteiger partial charge in [-0.1, -0.05) is 0 Å². The van der Waals surface area contributed by atoms with Crippen LogP contribution in [0.15, 0.2) is 6.20 Å². The Morgan fingerprint density at radius 2 is 2.24 bits per heavy atom. The van der Waals surface area contributed by atoms with Crippen molar-refractivity contribution in [3.05, 3.63) is 17.7 Å². The molecule has 0 unspecified atom stereocenters. The Labute approximate surface area is 100 Å². The maximum atomic E-state index is 11.0. The van der Waals surface area contributed by atoms with Gasteiger partial charge in [0.1, 0.15) is 0 Å². The van der Waals surface area contributed by atoms with Crippen molar-refractivity contribution in [3.63, 3.8) is 0 Å². The third-order valence-corrected chi connectivity index (χ3v) is 2.95. The normalized spacial score (nSPS) is 17.2. The monoisotopic (exact) mass is 238 g/mol. The Balaban J connectivity index is 2.07. The lowest BCUT2D eigenvalue weighted by atomic mass is 10.3. The number of aromatic carboxylic acids is 1. The summed E-state index contributed by atoms with van der Waals surface area (Å²) in [5.74, 6) is -0.823. The standard InChI is InChI=1S/C11H18N4O2/c1-2-15-8-9(13-10(15)11(16)17)7-14-5-3-12-4-6-14/h8,12H,2-7H2,1H3,(H,16,17). The van der Waals surface area contributed by atoms with E-state index in [1.54, 1.807) is 4.57 Å². The van der Waals surface area contributed by atoms with E-state index in [9.17, 15) is 4.79 Å². The molecule has 1 aliphatic heterocycles. The molecule has 2 heterocycles. The minimum atomic E-state index is -0.960. The van der Waals surface area contributed by atoms with Crippen LogP contribution >= 0.6 is 0 Å². The maximum absolute atomic E-state index is 11.0. The van der Waals surface area contributed by atoms with E-state index < -0.39 is 5.97 Å². The van der Waals surface area contributed by atoms with E-state index in [0.29, 0.717) is 6.54 Å². The van der Waals surface area contributed by atoms with Gasteiger partial charge >= 0.3 is 5.97 Å². The van der Waals surface area contributed by atoms with Gasteiger partial charge in [-0.2, -0.15) is 0 Å². The lowest BCUT2D eigenvalue weighted by molar-refractivity contribution is 0.0678. The summed E-state index contributed by atoms with van der Waals surface area (Å²) in [5.41, 5.74) is 0.839. The zero-order valence-corrected chi connectivity index (χ0v) is 10.0. The number of aryl methyl sites for hydroxylation is 1. The van der Waals surface area contributed by atoms with Crippen LogP contribution in [0, 0.1) is 0 Å². The molecule has 2 N–H and O–H groups in total. The van der Waals surface area contributed by atoms with Crippen LogP contribution in [-0.4, -0.2) is 51.7 Å². The van der Waals surface area contributed by atoms with E-state index in [-0.39, 0.29) is 5.82 Å². The van der Waals surface area contributed by atoms with Crippen LogP contribution in [0.3, 0.4) is 0 Å². The smallest absolute Gasteiger partial charge is 0.372 e. The van der Waals surface area contributed by atoms with Crippen LogP contribution in [0.25, 0.3) is 0 Å². The highest BCUT2D eigenvalue weighted by molar-refractivity contribution is 5.83. The molecule has 0 atom stereocenters. The van der Waals surface area contributed by atoms with Crippen molar-refractivity contribution in [2.24, 2.45) is 0 Å². The Hall–Kier alpha value is -1.40. The summed E-state index contributed by atoms with van der Waals surface area (Å²) in [4.78, 5) is 17.4. The number of rotatable bonds is 4. The van der Waals surface area contributed by atoms with Gasteiger partial charge in [-0.15, -0.1) is 0 Å². The van der Waals surface area contributed by atoms with E-state index in [1.807, 2.05) is 13.1 Å². The number of carboxylic acids is 1. The molecule has 2 rings (SSSR count). The Bertz CT molecular complexity index is 396. The van der Waals surface area contributed by atoms with Crippen molar-refractivity contribution in [2.45, 2.75) is 20.0 Å². The van der Waals surface area contributed by atoms with Crippen molar-refractivity contribution in [1.82, 2.24) is 19.8 Å². The molecule has 6 heteroatoms. The quantitative estimate of drug-likeness (QED) is 0.773. The molecular formula is C11H18N4O2. The fourth-order valence-corrected chi connectivity index (χ4v) is 2.06. The van der Waals surface area contributed by atoms with Crippen LogP contribution in [0.2, 0.25) is 0 Å². The summed E-state index contributed by atoms with van der Waals surface area (Å²) in [6.45, 7) is 7.23. The topological polar surface area (TPSA) is 70.4 Å². The molecule has 0 saturated carbocycles. The lowest BCUT2D eigenvalue weighted by Gasteiger charge is -2.26. The molecule has 1 aromatic heterocycles. The number of nitrogens with one attached hydrogen (secondary N) is 1. The zero-order chi connectivity index (χ0) is 12.3. The molecule has 0 radical (unpaired) electrons. The molecule has 0 aliphatic carbocycles. The predicted molar refractivity (Wildman–Crippen MR) is 63.0 cm³/mol. The summed E-state index contributed by atoms with van der Waals surface area (Å²) in [6.07, 6.45) is 1.84. The highest BCUT2D eigenvalue weighted by atomic mass is 16.4. The second kappa shape index (κ2) is 5.29. The predicted octanol–water partition coefficient (Wildman–Crippen LogP) is 0.00640. The van der Waals surface area contributed by atoms with Crippen molar-refractivity contribution in [3.8, 4) is 0 Å². The second-order valence-corrected chi connectivity index (χ2v) is 4.17. The molecule has 0 bridgehead atoms. The number of hydrogen-bond donors (Lipinski definition) is 2. The molecule has 0 amide bonds. The molecule has 1 saturated heterocycles. The molecule has 0 spiro atoms. The SMILES string of the molecule is CCn1cc(CN2CCNCC2)nc1C(=O)O. The molecule has 17 heavy (non-hydrogen) atoms. The Morgan fingerprint density at radius 3 is 2.76 bits per heavy atom. The summed E-state index contributed by atoms with van der Waals surface area (Å²) in [6, 6.07) is 0. The summed E-state index contributed by atoms with van der Waals surface area (Å²) >= 11 is 0. The molecule has 6 nitrogen and oxygen atoms in total. The number of piperazine rings is 1. The number of aromatic nitrogens is 2. The Morgan fingerprint density at radius 1 is 1.53 bits per heavy atom. The average molecular weight is 238 g/mol. The molecule has 0 aromatic carbocycles. The van der Waals surface area contributed by atoms with Crippen molar-refractivity contribution >= 4 is 5.97 Å². The minimum absolute atomic E-state index is 0.137. The van der Waals surface area contributed by atoms with Crippen molar-refractivity contribution in [2.75, 3.05) is 26.2 Å². The number of imidazole rings is 1. The van der Waals surface area contributed by atoms with Crippen LogP contribution in [0.1, 0.15) is 23.2 Å². The van der Waals surface area contributed by atoms with Crippen LogP contribution in [0.4, 0.5) is 0 Å². The van der Waals surface area contributed by atoms with E-state index in [1.165, 1.54) is 0 Å². The maximum Gasteiger partial charge on any atom is 0.372 e. The van der Waals surface area contributed by atoms with Gasteiger partial charge in [-0.3, -0.25) is 4.90 Å². The van der Waals surface area contributed by atoms with Gasteiger partial charge in [0.25, 0.3) is 0 Å².